The first-order valence-electron chi connectivity index (χ1n) is 7.35. The van der Waals surface area contributed by atoms with Crippen LogP contribution >= 0.6 is 0 Å². The van der Waals surface area contributed by atoms with Gasteiger partial charge in [0, 0.05) is 25.9 Å². The zero-order chi connectivity index (χ0) is 14.2. The highest BCUT2D eigenvalue weighted by Crippen LogP contribution is 2.22. The molecule has 2 N–H and O–H groups in total. The van der Waals surface area contributed by atoms with Crippen molar-refractivity contribution in [1.29, 1.82) is 0 Å². The highest BCUT2D eigenvalue weighted by molar-refractivity contribution is 5.88. The largest absolute Gasteiger partial charge is 0.383 e. The molecule has 6 heteroatoms. The third-order valence-electron chi connectivity index (χ3n) is 3.68. The van der Waals surface area contributed by atoms with E-state index in [2.05, 4.69) is 15.7 Å². The van der Waals surface area contributed by atoms with Gasteiger partial charge in [-0.2, -0.15) is 5.10 Å². The lowest BCUT2D eigenvalue weighted by atomic mass is 9.89. The third-order valence-corrected chi connectivity index (χ3v) is 3.68. The van der Waals surface area contributed by atoms with E-state index in [1.54, 1.807) is 17.9 Å². The summed E-state index contributed by atoms with van der Waals surface area (Å²) in [6, 6.07) is 1.61. The van der Waals surface area contributed by atoms with Gasteiger partial charge in [0.2, 0.25) is 0 Å². The zero-order valence-electron chi connectivity index (χ0n) is 12.1. The van der Waals surface area contributed by atoms with Crippen molar-refractivity contribution in [3.05, 3.63) is 12.3 Å². The molecule has 6 nitrogen and oxygen atoms in total. The quantitative estimate of drug-likeness (QED) is 0.839. The molecule has 20 heavy (non-hydrogen) atoms. The smallest absolute Gasteiger partial charge is 0.320 e. The van der Waals surface area contributed by atoms with E-state index in [0.29, 0.717) is 24.9 Å². The first kappa shape index (κ1) is 14.8. The molecule has 1 saturated carbocycles. The van der Waals surface area contributed by atoms with Crippen LogP contribution in [-0.4, -0.2) is 36.1 Å². The summed E-state index contributed by atoms with van der Waals surface area (Å²) in [5.74, 6) is 1.20. The van der Waals surface area contributed by atoms with Crippen LogP contribution in [0.15, 0.2) is 12.3 Å². The minimum Gasteiger partial charge on any atom is -0.383 e. The van der Waals surface area contributed by atoms with Gasteiger partial charge in [-0.25, -0.2) is 4.79 Å². The minimum absolute atomic E-state index is 0.174. The van der Waals surface area contributed by atoms with E-state index in [-0.39, 0.29) is 6.03 Å². The van der Waals surface area contributed by atoms with Crippen LogP contribution in [0.3, 0.4) is 0 Å². The molecule has 0 atom stereocenters. The van der Waals surface area contributed by atoms with E-state index in [1.165, 1.54) is 32.1 Å². The Morgan fingerprint density at radius 2 is 2.25 bits per heavy atom. The number of nitrogens with zero attached hydrogens (tertiary/aromatic N) is 2. The highest BCUT2D eigenvalue weighted by atomic mass is 16.5. The molecule has 1 aromatic rings. The Bertz CT molecular complexity index is 413. The number of aromatic nitrogens is 2. The summed E-state index contributed by atoms with van der Waals surface area (Å²) < 4.78 is 6.73. The molecule has 1 fully saturated rings. The van der Waals surface area contributed by atoms with Crippen molar-refractivity contribution in [1.82, 2.24) is 15.1 Å². The Hall–Kier alpha value is -1.56. The summed E-state index contributed by atoms with van der Waals surface area (Å²) in [6.45, 7) is 2.05. The summed E-state index contributed by atoms with van der Waals surface area (Å²) in [4.78, 5) is 11.8. The lowest BCUT2D eigenvalue weighted by molar-refractivity contribution is 0.183. The Kier molecular flexibility index (Phi) is 5.86. The van der Waals surface area contributed by atoms with Gasteiger partial charge >= 0.3 is 6.03 Å². The molecule has 1 aliphatic carbocycles. The summed E-state index contributed by atoms with van der Waals surface area (Å²) in [5.41, 5.74) is 0. The monoisotopic (exact) mass is 280 g/mol. The van der Waals surface area contributed by atoms with Gasteiger partial charge in [-0.05, 0) is 18.8 Å². The van der Waals surface area contributed by atoms with Gasteiger partial charge in [0.1, 0.15) is 0 Å². The lowest BCUT2D eigenvalue weighted by Gasteiger charge is -2.21. The third kappa shape index (κ3) is 4.85. The molecule has 0 saturated heterocycles. The van der Waals surface area contributed by atoms with E-state index in [0.717, 1.165) is 6.54 Å². The maximum Gasteiger partial charge on any atom is 0.320 e. The lowest BCUT2D eigenvalue weighted by Crippen LogP contribution is -2.33. The molecule has 0 bridgehead atoms. The maximum absolute atomic E-state index is 11.8. The van der Waals surface area contributed by atoms with Gasteiger partial charge in [0.25, 0.3) is 0 Å². The number of hydrogen-bond acceptors (Lipinski definition) is 3. The van der Waals surface area contributed by atoms with E-state index >= 15 is 0 Å². The summed E-state index contributed by atoms with van der Waals surface area (Å²) >= 11 is 0. The molecular formula is C14H24N4O2. The van der Waals surface area contributed by atoms with Crippen LogP contribution in [0.2, 0.25) is 0 Å². The normalized spacial score (nSPS) is 16.1. The topological polar surface area (TPSA) is 68.2 Å². The van der Waals surface area contributed by atoms with Gasteiger partial charge in [-0.15, -0.1) is 0 Å². The number of ether oxygens (including phenoxy) is 1. The Morgan fingerprint density at radius 1 is 1.45 bits per heavy atom. The second-order valence-corrected chi connectivity index (χ2v) is 5.30. The SMILES string of the molecule is COCCn1ccc(NC(=O)NCC2CCCCC2)n1. The van der Waals surface area contributed by atoms with Gasteiger partial charge in [-0.3, -0.25) is 10.00 Å². The first-order valence-corrected chi connectivity index (χ1v) is 7.35. The average Bonchev–Trinajstić information content (AvgIpc) is 2.91. The van der Waals surface area contributed by atoms with Crippen molar-refractivity contribution in [2.24, 2.45) is 5.92 Å². The second kappa shape index (κ2) is 7.89. The molecule has 2 rings (SSSR count). The Labute approximate surface area is 119 Å². The number of anilines is 1. The summed E-state index contributed by atoms with van der Waals surface area (Å²) in [5, 5.41) is 9.93. The standard InChI is InChI=1S/C14H24N4O2/c1-20-10-9-18-8-7-13(17-18)16-14(19)15-11-12-5-3-2-4-6-12/h7-8,12H,2-6,9-11H2,1H3,(H2,15,16,17,19). The molecule has 0 spiro atoms. The second-order valence-electron chi connectivity index (χ2n) is 5.30. The van der Waals surface area contributed by atoms with E-state index < -0.39 is 0 Å². The molecule has 0 unspecified atom stereocenters. The summed E-state index contributed by atoms with van der Waals surface area (Å²) in [7, 11) is 1.65. The molecule has 1 aliphatic rings. The van der Waals surface area contributed by atoms with Gasteiger partial charge in [-0.1, -0.05) is 19.3 Å². The number of rotatable bonds is 6. The molecule has 112 valence electrons. The van der Waals surface area contributed by atoms with E-state index in [1.807, 2.05) is 6.20 Å². The van der Waals surface area contributed by atoms with Crippen LogP contribution < -0.4 is 10.6 Å². The molecule has 1 heterocycles. The van der Waals surface area contributed by atoms with Crippen LogP contribution in [0, 0.1) is 5.92 Å². The molecule has 1 aromatic heterocycles. The van der Waals surface area contributed by atoms with Crippen molar-refractivity contribution in [2.75, 3.05) is 25.6 Å². The number of methoxy groups -OCH3 is 1. The van der Waals surface area contributed by atoms with Crippen LogP contribution in [0.25, 0.3) is 0 Å². The van der Waals surface area contributed by atoms with E-state index in [9.17, 15) is 4.79 Å². The predicted octanol–water partition coefficient (Wildman–Crippen LogP) is 2.23. The molecule has 2 amide bonds. The highest BCUT2D eigenvalue weighted by Gasteiger charge is 2.14. The van der Waals surface area contributed by atoms with Crippen molar-refractivity contribution in [3.63, 3.8) is 0 Å². The van der Waals surface area contributed by atoms with Gasteiger partial charge in [0.05, 0.1) is 13.2 Å². The van der Waals surface area contributed by atoms with Crippen LogP contribution in [0.5, 0.6) is 0 Å². The summed E-state index contributed by atoms with van der Waals surface area (Å²) in [6.07, 6.45) is 8.20. The van der Waals surface area contributed by atoms with Crippen molar-refractivity contribution in [2.45, 2.75) is 38.6 Å². The van der Waals surface area contributed by atoms with Crippen molar-refractivity contribution in [3.8, 4) is 0 Å². The number of carbonyl (C=O) groups is 1. The van der Waals surface area contributed by atoms with Crippen LogP contribution in [0.4, 0.5) is 10.6 Å². The number of nitrogens with one attached hydrogen (secondary N) is 2. The molecule has 0 aliphatic heterocycles. The van der Waals surface area contributed by atoms with Crippen LogP contribution in [-0.2, 0) is 11.3 Å². The number of hydrogen-bond donors (Lipinski definition) is 2. The molecule has 0 radical (unpaired) electrons. The maximum atomic E-state index is 11.8. The molecule has 0 aromatic carbocycles. The van der Waals surface area contributed by atoms with Crippen molar-refractivity contribution >= 4 is 11.8 Å². The predicted molar refractivity (Wildman–Crippen MR) is 77.7 cm³/mol. The minimum atomic E-state index is -0.174. The van der Waals surface area contributed by atoms with Crippen LogP contribution in [0.1, 0.15) is 32.1 Å². The number of amides is 2. The fraction of sp³-hybridized carbons (Fsp3) is 0.714. The number of urea groups is 1. The average molecular weight is 280 g/mol. The Morgan fingerprint density at radius 3 is 3.00 bits per heavy atom. The van der Waals surface area contributed by atoms with Gasteiger partial charge < -0.3 is 10.1 Å². The fourth-order valence-electron chi connectivity index (χ4n) is 2.53. The zero-order valence-corrected chi connectivity index (χ0v) is 12.1. The van der Waals surface area contributed by atoms with Crippen molar-refractivity contribution < 1.29 is 9.53 Å². The molecular weight excluding hydrogens is 256 g/mol. The fourth-order valence-corrected chi connectivity index (χ4v) is 2.53. The first-order chi connectivity index (χ1) is 9.78. The number of carbonyl (C=O) groups excluding carboxylic acids is 1. The van der Waals surface area contributed by atoms with E-state index in [4.69, 9.17) is 4.74 Å². The Balaban J connectivity index is 1.69. The van der Waals surface area contributed by atoms with Gasteiger partial charge in [0.15, 0.2) is 5.82 Å².